The summed E-state index contributed by atoms with van der Waals surface area (Å²) in [5.74, 6) is 0.228. The maximum atomic E-state index is 12.8. The van der Waals surface area contributed by atoms with Gasteiger partial charge in [-0.1, -0.05) is 6.92 Å². The van der Waals surface area contributed by atoms with Crippen LogP contribution in [-0.4, -0.2) is 66.1 Å². The highest BCUT2D eigenvalue weighted by atomic mass is 16.2. The van der Waals surface area contributed by atoms with Gasteiger partial charge in [0.05, 0.1) is 6.04 Å². The van der Waals surface area contributed by atoms with Crippen molar-refractivity contribution in [3.63, 3.8) is 0 Å². The van der Waals surface area contributed by atoms with Gasteiger partial charge in [0, 0.05) is 32.0 Å². The van der Waals surface area contributed by atoms with E-state index in [2.05, 4.69) is 33.7 Å². The minimum atomic E-state index is 0.0676. The van der Waals surface area contributed by atoms with Crippen molar-refractivity contribution >= 4 is 5.91 Å². The number of carbonyl (C=O) groups excluding carboxylic acids is 1. The second kappa shape index (κ2) is 7.70. The van der Waals surface area contributed by atoms with Crippen molar-refractivity contribution < 1.29 is 4.79 Å². The van der Waals surface area contributed by atoms with E-state index >= 15 is 0 Å². The molecule has 0 aliphatic carbocycles. The van der Waals surface area contributed by atoms with Crippen molar-refractivity contribution in [2.75, 3.05) is 39.8 Å². The summed E-state index contributed by atoms with van der Waals surface area (Å²) in [7, 11) is 2.21. The Morgan fingerprint density at radius 2 is 1.92 bits per heavy atom. The molecule has 134 valence electrons. The monoisotopic (exact) mass is 332 g/mol. The quantitative estimate of drug-likeness (QED) is 0.864. The Bertz CT molecular complexity index is 519. The Morgan fingerprint density at radius 3 is 2.58 bits per heavy atom. The van der Waals surface area contributed by atoms with Gasteiger partial charge in [-0.3, -0.25) is 9.69 Å². The molecule has 0 unspecified atom stereocenters. The zero-order valence-corrected chi connectivity index (χ0v) is 15.2. The van der Waals surface area contributed by atoms with Crippen LogP contribution in [0, 0.1) is 5.41 Å². The van der Waals surface area contributed by atoms with Crippen LogP contribution in [0.2, 0.25) is 0 Å². The summed E-state index contributed by atoms with van der Waals surface area (Å²) in [6, 6.07) is 4.11. The Labute approximate surface area is 146 Å². The van der Waals surface area contributed by atoms with Crippen LogP contribution in [0.15, 0.2) is 24.5 Å². The number of aromatic nitrogens is 1. The molecule has 2 aliphatic heterocycles. The van der Waals surface area contributed by atoms with E-state index in [9.17, 15) is 4.79 Å². The summed E-state index contributed by atoms with van der Waals surface area (Å²) in [5, 5.41) is 3.17. The highest BCUT2D eigenvalue weighted by Crippen LogP contribution is 2.43. The van der Waals surface area contributed by atoms with E-state index in [0.717, 1.165) is 32.5 Å². The Hall–Kier alpha value is -1.33. The fourth-order valence-electron chi connectivity index (χ4n) is 4.33. The van der Waals surface area contributed by atoms with Gasteiger partial charge in [0.2, 0.25) is 5.91 Å². The van der Waals surface area contributed by atoms with Crippen molar-refractivity contribution in [2.45, 2.75) is 45.2 Å². The third-order valence-electron chi connectivity index (χ3n) is 5.80. The molecule has 1 aromatic heterocycles. The fourth-order valence-corrected chi connectivity index (χ4v) is 4.33. The van der Waals surface area contributed by atoms with E-state index in [1.54, 1.807) is 0 Å². The zero-order valence-electron chi connectivity index (χ0n) is 15.2. The van der Waals surface area contributed by atoms with Crippen molar-refractivity contribution in [3.05, 3.63) is 24.5 Å². The van der Waals surface area contributed by atoms with Crippen molar-refractivity contribution in [1.29, 1.82) is 0 Å². The number of amides is 1. The predicted molar refractivity (Wildman–Crippen MR) is 96.9 cm³/mol. The molecule has 24 heavy (non-hydrogen) atoms. The van der Waals surface area contributed by atoms with Crippen LogP contribution in [0.1, 0.15) is 32.6 Å². The lowest BCUT2D eigenvalue weighted by molar-refractivity contribution is -0.125. The topological polar surface area (TPSA) is 40.5 Å². The van der Waals surface area contributed by atoms with Crippen LogP contribution in [0.3, 0.4) is 0 Å². The van der Waals surface area contributed by atoms with Crippen LogP contribution in [0.5, 0.6) is 0 Å². The minimum absolute atomic E-state index is 0.0676. The van der Waals surface area contributed by atoms with Gasteiger partial charge in [0.1, 0.15) is 0 Å². The van der Waals surface area contributed by atoms with Crippen LogP contribution >= 0.6 is 0 Å². The Balaban J connectivity index is 1.56. The number of nitrogens with zero attached hydrogens (tertiary/aromatic N) is 3. The largest absolute Gasteiger partial charge is 0.353 e. The molecular formula is C19H32N4O. The number of hydrogen-bond acceptors (Lipinski definition) is 3. The minimum Gasteiger partial charge on any atom is -0.353 e. The highest BCUT2D eigenvalue weighted by molar-refractivity contribution is 5.82. The van der Waals surface area contributed by atoms with Gasteiger partial charge >= 0.3 is 0 Å². The summed E-state index contributed by atoms with van der Waals surface area (Å²) in [6.45, 7) is 8.23. The van der Waals surface area contributed by atoms with E-state index in [-0.39, 0.29) is 11.9 Å². The lowest BCUT2D eigenvalue weighted by Gasteiger charge is -2.37. The Morgan fingerprint density at radius 1 is 1.21 bits per heavy atom. The van der Waals surface area contributed by atoms with Gasteiger partial charge in [-0.2, -0.15) is 0 Å². The summed E-state index contributed by atoms with van der Waals surface area (Å²) in [5.41, 5.74) is 0.365. The predicted octanol–water partition coefficient (Wildman–Crippen LogP) is 1.80. The summed E-state index contributed by atoms with van der Waals surface area (Å²) in [6.07, 6.45) is 8.70. The molecule has 5 heteroatoms. The van der Waals surface area contributed by atoms with Crippen LogP contribution in [-0.2, 0) is 11.3 Å². The first-order valence-electron chi connectivity index (χ1n) is 9.43. The van der Waals surface area contributed by atoms with Gasteiger partial charge in [0.15, 0.2) is 0 Å². The summed E-state index contributed by atoms with van der Waals surface area (Å²) < 4.78 is 2.11. The average Bonchev–Trinajstić information content (AvgIpc) is 3.20. The lowest BCUT2D eigenvalue weighted by Crippen LogP contribution is -2.44. The molecule has 0 radical (unpaired) electrons. The second-order valence-electron chi connectivity index (χ2n) is 7.71. The number of rotatable bonds is 6. The normalized spacial score (nSPS) is 24.5. The number of likely N-dealkylation sites (tertiary alicyclic amines) is 2. The van der Waals surface area contributed by atoms with Gasteiger partial charge in [0.25, 0.3) is 0 Å². The summed E-state index contributed by atoms with van der Waals surface area (Å²) in [4.78, 5) is 17.6. The molecule has 1 N–H and O–H groups in total. The zero-order chi connectivity index (χ0) is 17.0. The van der Waals surface area contributed by atoms with Crippen LogP contribution < -0.4 is 5.32 Å². The summed E-state index contributed by atoms with van der Waals surface area (Å²) >= 11 is 0. The molecule has 3 heterocycles. The third-order valence-corrected chi connectivity index (χ3v) is 5.80. The van der Waals surface area contributed by atoms with Gasteiger partial charge in [-0.05, 0) is 69.9 Å². The van der Waals surface area contributed by atoms with E-state index in [0.29, 0.717) is 12.0 Å². The van der Waals surface area contributed by atoms with Crippen LogP contribution in [0.25, 0.3) is 0 Å². The number of piperidine rings is 1. The Kier molecular flexibility index (Phi) is 5.61. The smallest absolute Gasteiger partial charge is 0.237 e. The fraction of sp³-hybridized carbons (Fsp3) is 0.737. The maximum absolute atomic E-state index is 12.8. The van der Waals surface area contributed by atoms with Gasteiger partial charge in [-0.15, -0.1) is 0 Å². The maximum Gasteiger partial charge on any atom is 0.237 e. The average molecular weight is 332 g/mol. The van der Waals surface area contributed by atoms with Gasteiger partial charge < -0.3 is 14.8 Å². The molecular weight excluding hydrogens is 300 g/mol. The first-order valence-corrected chi connectivity index (χ1v) is 9.43. The molecule has 0 bridgehead atoms. The van der Waals surface area contributed by atoms with Crippen molar-refractivity contribution in [3.8, 4) is 0 Å². The second-order valence-corrected chi connectivity index (χ2v) is 7.71. The molecule has 2 fully saturated rings. The standard InChI is InChI=1S/C19H32N4O/c1-3-9-23-16-19(6-12-21(2)13-7-19)15-17(23)18(24)20-8-14-22-10-4-5-11-22/h4-5,10-11,17H,3,6-9,12-16H2,1-2H3,(H,20,24)/t17-/m0/s1. The molecule has 2 aliphatic rings. The van der Waals surface area contributed by atoms with E-state index in [1.165, 1.54) is 25.9 Å². The third kappa shape index (κ3) is 4.01. The molecule has 1 amide bonds. The first-order chi connectivity index (χ1) is 11.6. The molecule has 0 aromatic carbocycles. The molecule has 1 aromatic rings. The molecule has 3 rings (SSSR count). The molecule has 2 saturated heterocycles. The molecule has 0 saturated carbocycles. The molecule has 1 spiro atoms. The van der Waals surface area contributed by atoms with E-state index < -0.39 is 0 Å². The molecule has 1 atom stereocenters. The van der Waals surface area contributed by atoms with Crippen LogP contribution in [0.4, 0.5) is 0 Å². The number of nitrogens with one attached hydrogen (secondary N) is 1. The van der Waals surface area contributed by atoms with E-state index in [1.807, 2.05) is 24.5 Å². The van der Waals surface area contributed by atoms with Gasteiger partial charge in [-0.25, -0.2) is 0 Å². The van der Waals surface area contributed by atoms with E-state index in [4.69, 9.17) is 0 Å². The SMILES string of the molecule is CCCN1CC2(CCN(C)CC2)C[C@H]1C(=O)NCCn1cccc1. The number of carbonyl (C=O) groups is 1. The van der Waals surface area contributed by atoms with Crippen molar-refractivity contribution in [2.24, 2.45) is 5.41 Å². The lowest BCUT2D eigenvalue weighted by atomic mass is 9.76. The van der Waals surface area contributed by atoms with Crippen molar-refractivity contribution in [1.82, 2.24) is 19.7 Å². The number of hydrogen-bond donors (Lipinski definition) is 1. The first kappa shape index (κ1) is 17.5. The highest BCUT2D eigenvalue weighted by Gasteiger charge is 2.47. The molecule has 5 nitrogen and oxygen atoms in total.